The van der Waals surface area contributed by atoms with Crippen LogP contribution in [-0.2, 0) is 10.0 Å². The smallest absolute Gasteiger partial charge is 0.262 e. The summed E-state index contributed by atoms with van der Waals surface area (Å²) in [5, 5.41) is 0.365. The number of nitrogens with one attached hydrogen (secondary N) is 1. The molecule has 21 heavy (non-hydrogen) atoms. The molecule has 2 aromatic rings. The van der Waals surface area contributed by atoms with Crippen LogP contribution in [0.4, 0.5) is 10.1 Å². The lowest BCUT2D eigenvalue weighted by atomic mass is 10.2. The topological polar surface area (TPSA) is 55.4 Å². The molecule has 0 atom stereocenters. The van der Waals surface area contributed by atoms with E-state index in [4.69, 9.17) is 16.3 Å². The third kappa shape index (κ3) is 3.46. The number of anilines is 1. The first kappa shape index (κ1) is 15.6. The van der Waals surface area contributed by atoms with Crippen molar-refractivity contribution in [1.29, 1.82) is 0 Å². The quantitative estimate of drug-likeness (QED) is 0.932. The van der Waals surface area contributed by atoms with E-state index in [2.05, 4.69) is 4.72 Å². The first-order chi connectivity index (χ1) is 9.83. The van der Waals surface area contributed by atoms with Gasteiger partial charge < -0.3 is 4.74 Å². The molecule has 1 N–H and O–H groups in total. The fourth-order valence-electron chi connectivity index (χ4n) is 1.75. The zero-order chi connectivity index (χ0) is 15.6. The van der Waals surface area contributed by atoms with Gasteiger partial charge in [0.1, 0.15) is 11.6 Å². The van der Waals surface area contributed by atoms with Gasteiger partial charge in [-0.05, 0) is 48.9 Å². The van der Waals surface area contributed by atoms with Gasteiger partial charge in [0.05, 0.1) is 17.7 Å². The van der Waals surface area contributed by atoms with Crippen LogP contribution >= 0.6 is 11.6 Å². The van der Waals surface area contributed by atoms with E-state index >= 15 is 0 Å². The molecule has 2 rings (SSSR count). The van der Waals surface area contributed by atoms with Crippen LogP contribution in [0.25, 0.3) is 0 Å². The Morgan fingerprint density at radius 3 is 2.52 bits per heavy atom. The number of aryl methyl sites for hydroxylation is 1. The van der Waals surface area contributed by atoms with Crippen molar-refractivity contribution < 1.29 is 17.5 Å². The van der Waals surface area contributed by atoms with Gasteiger partial charge in [-0.15, -0.1) is 0 Å². The first-order valence-corrected chi connectivity index (χ1v) is 7.82. The van der Waals surface area contributed by atoms with Gasteiger partial charge in [-0.3, -0.25) is 4.72 Å². The van der Waals surface area contributed by atoms with Gasteiger partial charge in [0.25, 0.3) is 10.0 Å². The maximum absolute atomic E-state index is 13.2. The normalized spacial score (nSPS) is 11.2. The Balaban J connectivity index is 2.41. The molecule has 0 radical (unpaired) electrons. The third-order valence-electron chi connectivity index (χ3n) is 2.85. The molecule has 7 heteroatoms. The van der Waals surface area contributed by atoms with Gasteiger partial charge in [0.15, 0.2) is 0 Å². The Hall–Kier alpha value is -1.79. The third-order valence-corrected chi connectivity index (χ3v) is 4.44. The van der Waals surface area contributed by atoms with E-state index in [1.54, 1.807) is 12.1 Å². The summed E-state index contributed by atoms with van der Waals surface area (Å²) >= 11 is 5.85. The number of sulfonamides is 1. The SMILES string of the molecule is COc1ccc(Cl)cc1NS(=O)(=O)c1ccc(F)c(C)c1. The van der Waals surface area contributed by atoms with Crippen LogP contribution < -0.4 is 9.46 Å². The Morgan fingerprint density at radius 1 is 1.19 bits per heavy atom. The van der Waals surface area contributed by atoms with E-state index < -0.39 is 15.8 Å². The van der Waals surface area contributed by atoms with Gasteiger partial charge in [-0.2, -0.15) is 0 Å². The molecule has 2 aromatic carbocycles. The molecule has 112 valence electrons. The molecule has 0 fully saturated rings. The van der Waals surface area contributed by atoms with E-state index in [0.717, 1.165) is 6.07 Å². The minimum atomic E-state index is -3.86. The minimum absolute atomic E-state index is 0.0385. The summed E-state index contributed by atoms with van der Waals surface area (Å²) in [4.78, 5) is -0.0385. The number of ether oxygens (including phenoxy) is 1. The van der Waals surface area contributed by atoms with Gasteiger partial charge in [-0.1, -0.05) is 11.6 Å². The first-order valence-electron chi connectivity index (χ1n) is 5.96. The molecular weight excluding hydrogens is 317 g/mol. The van der Waals surface area contributed by atoms with Crippen molar-refractivity contribution in [2.45, 2.75) is 11.8 Å². The Kier molecular flexibility index (Phi) is 4.39. The van der Waals surface area contributed by atoms with E-state index in [1.807, 2.05) is 0 Å². The fourth-order valence-corrected chi connectivity index (χ4v) is 3.07. The molecule has 0 heterocycles. The van der Waals surface area contributed by atoms with Crippen molar-refractivity contribution in [3.63, 3.8) is 0 Å². The van der Waals surface area contributed by atoms with Crippen LogP contribution in [0, 0.1) is 12.7 Å². The number of halogens is 2. The highest BCUT2D eigenvalue weighted by molar-refractivity contribution is 7.92. The molecule has 0 amide bonds. The standard InChI is InChI=1S/C14H13ClFNO3S/c1-9-7-11(4-5-12(9)16)21(18,19)17-13-8-10(15)3-6-14(13)20-2/h3-8,17H,1-2H3. The molecule has 0 unspecified atom stereocenters. The number of methoxy groups -OCH3 is 1. The number of hydrogen-bond donors (Lipinski definition) is 1. The summed E-state index contributed by atoms with van der Waals surface area (Å²) in [5.41, 5.74) is 0.461. The predicted molar refractivity (Wildman–Crippen MR) is 79.9 cm³/mol. The Bertz CT molecular complexity index is 778. The van der Waals surface area contributed by atoms with Crippen molar-refractivity contribution in [1.82, 2.24) is 0 Å². The van der Waals surface area contributed by atoms with Crippen LogP contribution in [0.1, 0.15) is 5.56 Å². The van der Waals surface area contributed by atoms with Crippen molar-refractivity contribution in [3.8, 4) is 5.75 Å². The summed E-state index contributed by atoms with van der Waals surface area (Å²) < 4.78 is 45.3. The maximum atomic E-state index is 13.2. The van der Waals surface area contributed by atoms with Gasteiger partial charge in [-0.25, -0.2) is 12.8 Å². The molecule has 0 aromatic heterocycles. The highest BCUT2D eigenvalue weighted by Crippen LogP contribution is 2.30. The van der Waals surface area contributed by atoms with E-state index in [1.165, 1.54) is 32.2 Å². The highest BCUT2D eigenvalue weighted by Gasteiger charge is 2.17. The van der Waals surface area contributed by atoms with Gasteiger partial charge >= 0.3 is 0 Å². The van der Waals surface area contributed by atoms with Gasteiger partial charge in [0, 0.05) is 5.02 Å². The molecule has 0 spiro atoms. The molecule has 0 aliphatic carbocycles. The summed E-state index contributed by atoms with van der Waals surface area (Å²) in [6.45, 7) is 1.49. The van der Waals surface area contributed by atoms with Gasteiger partial charge in [0.2, 0.25) is 0 Å². The molecular formula is C14H13ClFNO3S. The molecule has 0 aliphatic rings. The minimum Gasteiger partial charge on any atom is -0.495 e. The van der Waals surface area contributed by atoms with E-state index in [9.17, 15) is 12.8 Å². The lowest BCUT2D eigenvalue weighted by Gasteiger charge is -2.12. The summed E-state index contributed by atoms with van der Waals surface area (Å²) in [6, 6.07) is 8.14. The highest BCUT2D eigenvalue weighted by atomic mass is 35.5. The van der Waals surface area contributed by atoms with Crippen LogP contribution in [-0.4, -0.2) is 15.5 Å². The van der Waals surface area contributed by atoms with Crippen molar-refractivity contribution in [3.05, 3.63) is 52.8 Å². The lowest BCUT2D eigenvalue weighted by molar-refractivity contribution is 0.417. The molecule has 0 bridgehead atoms. The van der Waals surface area contributed by atoms with Crippen LogP contribution in [0.5, 0.6) is 5.75 Å². The molecule has 0 aliphatic heterocycles. The zero-order valence-electron chi connectivity index (χ0n) is 11.4. The summed E-state index contributed by atoms with van der Waals surface area (Å²) in [6.07, 6.45) is 0. The largest absolute Gasteiger partial charge is 0.495 e. The molecule has 4 nitrogen and oxygen atoms in total. The molecule has 0 saturated heterocycles. The fraction of sp³-hybridized carbons (Fsp3) is 0.143. The van der Waals surface area contributed by atoms with Crippen LogP contribution in [0.2, 0.25) is 5.02 Å². The molecule has 0 saturated carbocycles. The lowest BCUT2D eigenvalue weighted by Crippen LogP contribution is -2.14. The van der Waals surface area contributed by atoms with E-state index in [-0.39, 0.29) is 16.1 Å². The Labute approximate surface area is 127 Å². The number of benzene rings is 2. The average Bonchev–Trinajstić information content (AvgIpc) is 2.41. The van der Waals surface area contributed by atoms with Crippen LogP contribution in [0.3, 0.4) is 0 Å². The van der Waals surface area contributed by atoms with Crippen molar-refractivity contribution in [2.24, 2.45) is 0 Å². The summed E-state index contributed by atoms with van der Waals surface area (Å²) in [7, 11) is -2.44. The van der Waals surface area contributed by atoms with Crippen molar-refractivity contribution in [2.75, 3.05) is 11.8 Å². The van der Waals surface area contributed by atoms with Crippen LogP contribution in [0.15, 0.2) is 41.3 Å². The number of hydrogen-bond acceptors (Lipinski definition) is 3. The number of rotatable bonds is 4. The second-order valence-electron chi connectivity index (χ2n) is 4.36. The monoisotopic (exact) mass is 329 g/mol. The average molecular weight is 330 g/mol. The van der Waals surface area contributed by atoms with E-state index in [0.29, 0.717) is 10.8 Å². The Morgan fingerprint density at radius 2 is 1.90 bits per heavy atom. The zero-order valence-corrected chi connectivity index (χ0v) is 12.9. The van der Waals surface area contributed by atoms with Crippen molar-refractivity contribution >= 4 is 27.3 Å². The second kappa shape index (κ2) is 5.91. The predicted octanol–water partition coefficient (Wildman–Crippen LogP) is 3.60. The summed E-state index contributed by atoms with van der Waals surface area (Å²) in [5.74, 6) is -0.129. The maximum Gasteiger partial charge on any atom is 0.262 e. The second-order valence-corrected chi connectivity index (χ2v) is 6.48.